The van der Waals surface area contributed by atoms with Crippen LogP contribution in [0.1, 0.15) is 32.3 Å². The van der Waals surface area contributed by atoms with Gasteiger partial charge in [0.15, 0.2) is 5.82 Å². The number of fused-ring (bicyclic) bond motifs is 1. The highest BCUT2D eigenvalue weighted by atomic mass is 16.2. The fourth-order valence-electron chi connectivity index (χ4n) is 4.15. The summed E-state index contributed by atoms with van der Waals surface area (Å²) in [6, 6.07) is 15.3. The van der Waals surface area contributed by atoms with Crippen LogP contribution in [-0.4, -0.2) is 28.8 Å². The van der Waals surface area contributed by atoms with E-state index in [0.29, 0.717) is 11.3 Å². The van der Waals surface area contributed by atoms with Gasteiger partial charge in [-0.2, -0.15) is 5.10 Å². The molecule has 30 heavy (non-hydrogen) atoms. The van der Waals surface area contributed by atoms with Crippen molar-refractivity contribution in [2.24, 2.45) is 5.92 Å². The van der Waals surface area contributed by atoms with E-state index in [1.165, 1.54) is 11.1 Å². The molecule has 3 aromatic rings. The van der Waals surface area contributed by atoms with Crippen molar-refractivity contribution in [1.82, 2.24) is 9.78 Å². The lowest BCUT2D eigenvalue weighted by atomic mass is 10.00. The topological polar surface area (TPSA) is 67.2 Å². The maximum absolute atomic E-state index is 13.0. The maximum atomic E-state index is 13.0. The molecule has 2 heterocycles. The van der Waals surface area contributed by atoms with Gasteiger partial charge in [-0.05, 0) is 48.9 Å². The Labute approximate surface area is 176 Å². The smallest absolute Gasteiger partial charge is 0.275 e. The Hall–Kier alpha value is -3.15. The van der Waals surface area contributed by atoms with Crippen molar-refractivity contribution in [1.29, 1.82) is 0 Å². The Morgan fingerprint density at radius 3 is 2.73 bits per heavy atom. The molecule has 1 fully saturated rings. The van der Waals surface area contributed by atoms with Gasteiger partial charge < -0.3 is 10.2 Å². The first-order chi connectivity index (χ1) is 14.5. The molecule has 1 aliphatic rings. The van der Waals surface area contributed by atoms with Crippen molar-refractivity contribution in [2.75, 3.05) is 23.3 Å². The van der Waals surface area contributed by atoms with Crippen LogP contribution in [0, 0.1) is 5.92 Å². The molecule has 156 valence electrons. The summed E-state index contributed by atoms with van der Waals surface area (Å²) in [5, 5.41) is 8.99. The van der Waals surface area contributed by atoms with Crippen LogP contribution < -0.4 is 15.8 Å². The maximum Gasteiger partial charge on any atom is 0.275 e. The lowest BCUT2D eigenvalue weighted by Crippen LogP contribution is -2.38. The summed E-state index contributed by atoms with van der Waals surface area (Å²) < 4.78 is 1.30. The molecule has 1 aliphatic heterocycles. The molecule has 0 bridgehead atoms. The number of piperidine rings is 1. The molecule has 2 aromatic carbocycles. The number of aryl methyl sites for hydroxylation is 1. The number of rotatable bonds is 5. The number of amides is 1. The molecule has 1 aromatic heterocycles. The third-order valence-electron chi connectivity index (χ3n) is 5.72. The zero-order valence-corrected chi connectivity index (χ0v) is 17.6. The minimum Gasteiger partial charge on any atom is -0.354 e. The Balaban J connectivity index is 1.65. The SMILES string of the molecule is CCc1cccc(NC(=O)Cn2nc(N3CCC[C@H](C)C3)c3ccccc3c2=O)c1. The van der Waals surface area contributed by atoms with Crippen molar-refractivity contribution in [3.8, 4) is 0 Å². The average Bonchev–Trinajstić information content (AvgIpc) is 2.76. The molecular weight excluding hydrogens is 376 g/mol. The monoisotopic (exact) mass is 404 g/mol. The van der Waals surface area contributed by atoms with Gasteiger partial charge in [0.2, 0.25) is 5.91 Å². The third-order valence-corrected chi connectivity index (χ3v) is 5.72. The van der Waals surface area contributed by atoms with Gasteiger partial charge in [-0.1, -0.05) is 44.2 Å². The average molecular weight is 405 g/mol. The third kappa shape index (κ3) is 4.22. The van der Waals surface area contributed by atoms with E-state index in [-0.39, 0.29) is 18.0 Å². The van der Waals surface area contributed by atoms with E-state index >= 15 is 0 Å². The van der Waals surface area contributed by atoms with Crippen molar-refractivity contribution in [3.05, 3.63) is 64.4 Å². The van der Waals surface area contributed by atoms with Gasteiger partial charge >= 0.3 is 0 Å². The van der Waals surface area contributed by atoms with Crippen molar-refractivity contribution in [2.45, 2.75) is 39.7 Å². The summed E-state index contributed by atoms with van der Waals surface area (Å²) in [7, 11) is 0. The number of aromatic nitrogens is 2. The number of carbonyl (C=O) groups is 1. The highest BCUT2D eigenvalue weighted by Crippen LogP contribution is 2.26. The van der Waals surface area contributed by atoms with Crippen molar-refractivity contribution >= 4 is 28.2 Å². The number of hydrogen-bond acceptors (Lipinski definition) is 4. The van der Waals surface area contributed by atoms with Crippen molar-refractivity contribution in [3.63, 3.8) is 0 Å². The van der Waals surface area contributed by atoms with Crippen LogP contribution in [0.3, 0.4) is 0 Å². The summed E-state index contributed by atoms with van der Waals surface area (Å²) in [6.45, 7) is 6.02. The lowest BCUT2D eigenvalue weighted by molar-refractivity contribution is -0.117. The van der Waals surface area contributed by atoms with Gasteiger partial charge in [0.05, 0.1) is 5.39 Å². The fraction of sp³-hybridized carbons (Fsp3) is 0.375. The highest BCUT2D eigenvalue weighted by Gasteiger charge is 2.22. The molecule has 0 spiro atoms. The summed E-state index contributed by atoms with van der Waals surface area (Å²) >= 11 is 0. The van der Waals surface area contributed by atoms with Gasteiger partial charge in [-0.15, -0.1) is 0 Å². The summed E-state index contributed by atoms with van der Waals surface area (Å²) in [4.78, 5) is 27.9. The van der Waals surface area contributed by atoms with E-state index in [4.69, 9.17) is 0 Å². The summed E-state index contributed by atoms with van der Waals surface area (Å²) in [5.41, 5.74) is 1.64. The van der Waals surface area contributed by atoms with Gasteiger partial charge in [0.1, 0.15) is 6.54 Å². The van der Waals surface area contributed by atoms with E-state index in [2.05, 4.69) is 29.2 Å². The Bertz CT molecular complexity index is 1120. The van der Waals surface area contributed by atoms with Crippen LogP contribution in [0.2, 0.25) is 0 Å². The van der Waals surface area contributed by atoms with Crippen LogP contribution >= 0.6 is 0 Å². The van der Waals surface area contributed by atoms with Crippen LogP contribution in [0.4, 0.5) is 11.5 Å². The molecule has 1 saturated heterocycles. The molecule has 0 aliphatic carbocycles. The van der Waals surface area contributed by atoms with Crippen LogP contribution in [0.25, 0.3) is 10.8 Å². The van der Waals surface area contributed by atoms with E-state index in [9.17, 15) is 9.59 Å². The highest BCUT2D eigenvalue weighted by molar-refractivity contribution is 5.93. The van der Waals surface area contributed by atoms with Crippen LogP contribution in [-0.2, 0) is 17.8 Å². The van der Waals surface area contributed by atoms with Crippen LogP contribution in [0.15, 0.2) is 53.3 Å². The summed E-state index contributed by atoms with van der Waals surface area (Å²) in [6.07, 6.45) is 3.20. The van der Waals surface area contributed by atoms with Gasteiger partial charge in [0, 0.05) is 24.2 Å². The Kier molecular flexibility index (Phi) is 5.84. The van der Waals surface area contributed by atoms with E-state index in [1.54, 1.807) is 0 Å². The molecule has 4 rings (SSSR count). The zero-order valence-electron chi connectivity index (χ0n) is 17.6. The first-order valence-electron chi connectivity index (χ1n) is 10.7. The first kappa shape index (κ1) is 20.1. The Morgan fingerprint density at radius 1 is 1.17 bits per heavy atom. The molecular formula is C24H28N4O2. The van der Waals surface area contributed by atoms with Gasteiger partial charge in [-0.3, -0.25) is 9.59 Å². The number of benzene rings is 2. The number of nitrogens with one attached hydrogen (secondary N) is 1. The molecule has 1 atom stereocenters. The number of anilines is 2. The predicted octanol–water partition coefficient (Wildman–Crippen LogP) is 3.83. The molecule has 1 amide bonds. The second-order valence-electron chi connectivity index (χ2n) is 8.13. The van der Waals surface area contributed by atoms with E-state index < -0.39 is 0 Å². The minimum atomic E-state index is -0.258. The van der Waals surface area contributed by atoms with Crippen molar-refractivity contribution < 1.29 is 4.79 Å². The van der Waals surface area contributed by atoms with Gasteiger partial charge in [-0.25, -0.2) is 4.68 Å². The summed E-state index contributed by atoms with van der Waals surface area (Å²) in [5.74, 6) is 1.11. The number of nitrogens with zero attached hydrogens (tertiary/aromatic N) is 3. The van der Waals surface area contributed by atoms with Crippen LogP contribution in [0.5, 0.6) is 0 Å². The second-order valence-corrected chi connectivity index (χ2v) is 8.13. The molecule has 0 radical (unpaired) electrons. The predicted molar refractivity (Wildman–Crippen MR) is 121 cm³/mol. The first-order valence-corrected chi connectivity index (χ1v) is 10.7. The molecule has 6 nitrogen and oxygen atoms in total. The second kappa shape index (κ2) is 8.69. The quantitative estimate of drug-likeness (QED) is 0.702. The Morgan fingerprint density at radius 2 is 1.97 bits per heavy atom. The van der Waals surface area contributed by atoms with E-state index in [0.717, 1.165) is 48.4 Å². The molecule has 6 heteroatoms. The lowest BCUT2D eigenvalue weighted by Gasteiger charge is -2.32. The molecule has 0 saturated carbocycles. The number of hydrogen-bond donors (Lipinski definition) is 1. The molecule has 1 N–H and O–H groups in total. The van der Waals surface area contributed by atoms with E-state index in [1.807, 2.05) is 48.5 Å². The normalized spacial score (nSPS) is 16.6. The largest absolute Gasteiger partial charge is 0.354 e. The number of carbonyl (C=O) groups excluding carboxylic acids is 1. The fourth-order valence-corrected chi connectivity index (χ4v) is 4.15. The van der Waals surface area contributed by atoms with Gasteiger partial charge in [0.25, 0.3) is 5.56 Å². The molecule has 0 unspecified atom stereocenters. The minimum absolute atomic E-state index is 0.115. The standard InChI is InChI=1S/C24H28N4O2/c1-3-18-9-6-10-19(14-18)25-22(29)16-28-24(30)21-12-5-4-11-20(21)23(26-28)27-13-7-8-17(2)15-27/h4-6,9-12,14,17H,3,7-8,13,15-16H2,1-2H3,(H,25,29)/t17-/m0/s1. The zero-order chi connectivity index (χ0) is 21.1.